The molecule has 3 rings (SSSR count). The Kier molecular flexibility index (Phi) is 7.77. The Morgan fingerprint density at radius 1 is 1.38 bits per heavy atom. The second kappa shape index (κ2) is 9.60. The van der Waals surface area contributed by atoms with Crippen LogP contribution >= 0.6 is 35.3 Å². The number of aromatic nitrogens is 4. The maximum atomic E-state index is 5.11. The van der Waals surface area contributed by atoms with Crippen LogP contribution in [-0.4, -0.2) is 45.9 Å². The molecular formula is C16H26IN7OS. The van der Waals surface area contributed by atoms with Crippen molar-refractivity contribution in [2.24, 2.45) is 4.99 Å². The molecule has 0 amide bonds. The summed E-state index contributed by atoms with van der Waals surface area (Å²) in [6.45, 7) is 6.05. The summed E-state index contributed by atoms with van der Waals surface area (Å²) in [4.78, 5) is 14.6. The number of fused-ring (bicyclic) bond motifs is 1. The second-order valence-electron chi connectivity index (χ2n) is 6.11. The van der Waals surface area contributed by atoms with Gasteiger partial charge >= 0.3 is 0 Å². The Balaban J connectivity index is 0.00000243. The number of ether oxygens (including phenoxy) is 1. The third kappa shape index (κ3) is 5.13. The van der Waals surface area contributed by atoms with E-state index in [-0.39, 0.29) is 30.0 Å². The van der Waals surface area contributed by atoms with Gasteiger partial charge in [0, 0.05) is 31.5 Å². The van der Waals surface area contributed by atoms with Crippen molar-refractivity contribution in [1.82, 2.24) is 30.4 Å². The lowest BCUT2D eigenvalue weighted by molar-refractivity contribution is 0.177. The minimum Gasteiger partial charge on any atom is -0.377 e. The minimum atomic E-state index is 0. The van der Waals surface area contributed by atoms with Gasteiger partial charge in [0.25, 0.3) is 0 Å². The van der Waals surface area contributed by atoms with Crippen LogP contribution in [-0.2, 0) is 30.9 Å². The first kappa shape index (κ1) is 21.0. The van der Waals surface area contributed by atoms with Crippen LogP contribution in [0.15, 0.2) is 4.99 Å². The summed E-state index contributed by atoms with van der Waals surface area (Å²) >= 11 is 1.72. The summed E-state index contributed by atoms with van der Waals surface area (Å²) in [5, 5.41) is 12.4. The predicted molar refractivity (Wildman–Crippen MR) is 113 cm³/mol. The largest absolute Gasteiger partial charge is 0.377 e. The number of rotatable bonds is 5. The van der Waals surface area contributed by atoms with E-state index < -0.39 is 0 Å². The van der Waals surface area contributed by atoms with Crippen molar-refractivity contribution in [1.29, 1.82) is 0 Å². The summed E-state index contributed by atoms with van der Waals surface area (Å²) < 4.78 is 7.08. The Morgan fingerprint density at radius 3 is 2.85 bits per heavy atom. The van der Waals surface area contributed by atoms with Gasteiger partial charge in [0.2, 0.25) is 0 Å². The van der Waals surface area contributed by atoms with Gasteiger partial charge in [0.15, 0.2) is 11.8 Å². The Morgan fingerprint density at radius 2 is 2.19 bits per heavy atom. The minimum absolute atomic E-state index is 0. The van der Waals surface area contributed by atoms with E-state index in [1.54, 1.807) is 25.5 Å². The highest BCUT2D eigenvalue weighted by Gasteiger charge is 2.22. The summed E-state index contributed by atoms with van der Waals surface area (Å²) in [6.07, 6.45) is 1.90. The average molecular weight is 491 g/mol. The number of nitrogens with one attached hydrogen (secondary N) is 2. The summed E-state index contributed by atoms with van der Waals surface area (Å²) in [6, 6.07) is 0.274. The van der Waals surface area contributed by atoms with E-state index in [0.29, 0.717) is 13.2 Å². The van der Waals surface area contributed by atoms with E-state index in [9.17, 15) is 0 Å². The Labute approximate surface area is 174 Å². The van der Waals surface area contributed by atoms with Crippen molar-refractivity contribution in [3.8, 4) is 0 Å². The van der Waals surface area contributed by atoms with Gasteiger partial charge in [0.1, 0.15) is 17.4 Å². The number of aliphatic imine (C=N–C) groups is 1. The molecule has 1 atom stereocenters. The lowest BCUT2D eigenvalue weighted by Crippen LogP contribution is -2.46. The molecule has 0 bridgehead atoms. The molecule has 2 aromatic heterocycles. The van der Waals surface area contributed by atoms with Crippen LogP contribution in [0.4, 0.5) is 0 Å². The zero-order valence-electron chi connectivity index (χ0n) is 15.6. The fraction of sp³-hybridized carbons (Fsp3) is 0.625. The van der Waals surface area contributed by atoms with E-state index in [1.165, 1.54) is 4.88 Å². The van der Waals surface area contributed by atoms with Crippen molar-refractivity contribution in [2.45, 2.75) is 52.4 Å². The maximum absolute atomic E-state index is 5.11. The molecule has 8 nitrogen and oxygen atoms in total. The zero-order chi connectivity index (χ0) is 17.8. The smallest absolute Gasteiger partial charge is 0.191 e. The summed E-state index contributed by atoms with van der Waals surface area (Å²) in [5.74, 6) is 2.56. The molecule has 0 aromatic carbocycles. The molecule has 10 heteroatoms. The van der Waals surface area contributed by atoms with E-state index in [2.05, 4.69) is 37.6 Å². The van der Waals surface area contributed by atoms with Crippen molar-refractivity contribution in [3.63, 3.8) is 0 Å². The van der Waals surface area contributed by atoms with Crippen LogP contribution < -0.4 is 10.6 Å². The van der Waals surface area contributed by atoms with Crippen LogP contribution in [0.1, 0.15) is 33.6 Å². The maximum Gasteiger partial charge on any atom is 0.191 e. The molecule has 0 saturated carbocycles. The number of guanidine groups is 1. The van der Waals surface area contributed by atoms with Gasteiger partial charge in [0.05, 0.1) is 18.8 Å². The molecule has 0 saturated heterocycles. The number of halogens is 1. The number of aryl methyl sites for hydroxylation is 3. The fourth-order valence-electron chi connectivity index (χ4n) is 2.83. The number of thiazole rings is 1. The summed E-state index contributed by atoms with van der Waals surface area (Å²) in [7, 11) is 3.44. The van der Waals surface area contributed by atoms with Gasteiger partial charge in [-0.15, -0.1) is 35.3 Å². The van der Waals surface area contributed by atoms with Crippen molar-refractivity contribution < 1.29 is 4.74 Å². The molecule has 1 unspecified atom stereocenters. The zero-order valence-corrected chi connectivity index (χ0v) is 18.7. The highest BCUT2D eigenvalue weighted by atomic mass is 127. The van der Waals surface area contributed by atoms with Crippen LogP contribution in [0.5, 0.6) is 0 Å². The van der Waals surface area contributed by atoms with Gasteiger partial charge < -0.3 is 15.4 Å². The lowest BCUT2D eigenvalue weighted by atomic mass is 10.1. The molecule has 2 N–H and O–H groups in total. The first-order chi connectivity index (χ1) is 12.1. The molecule has 0 radical (unpaired) electrons. The van der Waals surface area contributed by atoms with Crippen LogP contribution in [0.25, 0.3) is 0 Å². The highest BCUT2D eigenvalue weighted by molar-refractivity contribution is 14.0. The molecule has 144 valence electrons. The quantitative estimate of drug-likeness (QED) is 0.377. The van der Waals surface area contributed by atoms with Crippen molar-refractivity contribution in [3.05, 3.63) is 27.2 Å². The van der Waals surface area contributed by atoms with Gasteiger partial charge in [-0.05, 0) is 20.3 Å². The third-order valence-corrected chi connectivity index (χ3v) is 5.29. The lowest BCUT2D eigenvalue weighted by Gasteiger charge is -2.25. The first-order valence-corrected chi connectivity index (χ1v) is 9.22. The Hall–Kier alpha value is -1.27. The van der Waals surface area contributed by atoms with Gasteiger partial charge in [-0.1, -0.05) is 0 Å². The molecule has 1 aliphatic heterocycles. The van der Waals surface area contributed by atoms with Gasteiger partial charge in [-0.25, -0.2) is 14.6 Å². The number of hydrogen-bond donors (Lipinski definition) is 2. The molecule has 1 aliphatic rings. The van der Waals surface area contributed by atoms with Gasteiger partial charge in [-0.2, -0.15) is 5.10 Å². The summed E-state index contributed by atoms with van der Waals surface area (Å²) in [5.41, 5.74) is 1.10. The van der Waals surface area contributed by atoms with E-state index in [4.69, 9.17) is 4.74 Å². The van der Waals surface area contributed by atoms with Crippen molar-refractivity contribution in [2.75, 3.05) is 14.2 Å². The van der Waals surface area contributed by atoms with Crippen LogP contribution in [0.3, 0.4) is 0 Å². The van der Waals surface area contributed by atoms with Crippen LogP contribution in [0, 0.1) is 13.8 Å². The van der Waals surface area contributed by atoms with Crippen molar-refractivity contribution >= 4 is 41.3 Å². The van der Waals surface area contributed by atoms with Crippen LogP contribution in [0.2, 0.25) is 0 Å². The molecule has 0 fully saturated rings. The normalized spacial score (nSPS) is 16.8. The Bertz CT molecular complexity index is 738. The highest BCUT2D eigenvalue weighted by Crippen LogP contribution is 2.16. The molecule has 0 aliphatic carbocycles. The topological polar surface area (TPSA) is 89.2 Å². The van der Waals surface area contributed by atoms with E-state index >= 15 is 0 Å². The molecule has 2 aromatic rings. The van der Waals surface area contributed by atoms with Gasteiger partial charge in [-0.3, -0.25) is 4.99 Å². The second-order valence-corrected chi connectivity index (χ2v) is 7.40. The average Bonchev–Trinajstić information content (AvgIpc) is 3.14. The number of nitrogens with zero attached hydrogens (tertiary/aromatic N) is 5. The van der Waals surface area contributed by atoms with E-state index in [0.717, 1.165) is 47.7 Å². The third-order valence-electron chi connectivity index (χ3n) is 4.22. The van der Waals surface area contributed by atoms with E-state index in [1.807, 2.05) is 11.6 Å². The standard InChI is InChI=1S/C16H25N7OS.HI/c1-10-11(2)25-15(19-10)7-18-16(17-3)20-12-5-6-14-21-13(9-24-4)22-23(14)8-12;/h12H,5-9H2,1-4H3,(H2,17,18,20);1H. The molecule has 0 spiro atoms. The number of hydrogen-bond acceptors (Lipinski definition) is 6. The monoisotopic (exact) mass is 491 g/mol. The predicted octanol–water partition coefficient (Wildman–Crippen LogP) is 1.80. The molecule has 3 heterocycles. The fourth-order valence-corrected chi connectivity index (χ4v) is 3.70. The number of methoxy groups -OCH3 is 1. The first-order valence-electron chi connectivity index (χ1n) is 8.40. The SMILES string of the molecule is CN=C(NCc1nc(C)c(C)s1)NC1CCc2nc(COC)nn2C1.I. The molecular weight excluding hydrogens is 465 g/mol. The molecule has 26 heavy (non-hydrogen) atoms.